The summed E-state index contributed by atoms with van der Waals surface area (Å²) < 4.78 is 57.9. The highest BCUT2D eigenvalue weighted by Crippen LogP contribution is 2.51. The highest BCUT2D eigenvalue weighted by atomic mass is 32.2. The van der Waals surface area contributed by atoms with Crippen LogP contribution in [0.2, 0.25) is 0 Å². The summed E-state index contributed by atoms with van der Waals surface area (Å²) in [7, 11) is -2.49. The summed E-state index contributed by atoms with van der Waals surface area (Å²) in [5.74, 6) is -1.91. The lowest BCUT2D eigenvalue weighted by Crippen LogP contribution is -2.72. The van der Waals surface area contributed by atoms with E-state index >= 15 is 4.39 Å². The molecular weight excluding hydrogens is 560 g/mol. The van der Waals surface area contributed by atoms with E-state index in [9.17, 15) is 17.6 Å². The molecule has 0 bridgehead atoms. The third-order valence-electron chi connectivity index (χ3n) is 8.22. The highest BCUT2D eigenvalue weighted by Gasteiger charge is 2.63. The largest absolute Gasteiger partial charge is 0.321 e. The Bertz CT molecular complexity index is 1520. The maximum atomic E-state index is 15.9. The number of hydrogen-bond acceptors (Lipinski definition) is 6. The van der Waals surface area contributed by atoms with Gasteiger partial charge in [0.1, 0.15) is 22.1 Å². The van der Waals surface area contributed by atoms with Crippen molar-refractivity contribution in [3.05, 3.63) is 102 Å². The number of rotatable bonds is 11. The van der Waals surface area contributed by atoms with Gasteiger partial charge in [-0.05, 0) is 67.1 Å². The molecule has 0 saturated carbocycles. The number of halogens is 2. The molecule has 0 radical (unpaired) electrons. The molecule has 1 fully saturated rings. The lowest BCUT2D eigenvalue weighted by atomic mass is 9.69. The predicted molar refractivity (Wildman–Crippen MR) is 159 cm³/mol. The summed E-state index contributed by atoms with van der Waals surface area (Å²) in [6, 6.07) is 10.2. The number of amides is 1. The van der Waals surface area contributed by atoms with Gasteiger partial charge < -0.3 is 5.32 Å². The van der Waals surface area contributed by atoms with Crippen LogP contribution in [0.3, 0.4) is 0 Å². The molecule has 1 saturated heterocycles. The van der Waals surface area contributed by atoms with Crippen LogP contribution < -0.4 is 10.6 Å². The van der Waals surface area contributed by atoms with Crippen molar-refractivity contribution in [3.63, 3.8) is 0 Å². The molecule has 0 aliphatic carbocycles. The zero-order valence-corrected chi connectivity index (χ0v) is 24.9. The Labute approximate surface area is 246 Å². The Balaban J connectivity index is 1.84. The third-order valence-corrected chi connectivity index (χ3v) is 10.8. The molecule has 11 heteroatoms. The van der Waals surface area contributed by atoms with Crippen LogP contribution in [0.25, 0.3) is 0 Å². The number of pyridine rings is 2. The van der Waals surface area contributed by atoms with Crippen LogP contribution in [0.5, 0.6) is 0 Å². The molecule has 3 aromatic rings. The van der Waals surface area contributed by atoms with Crippen LogP contribution in [0.1, 0.15) is 61.1 Å². The zero-order valence-electron chi connectivity index (χ0n) is 24.1. The fraction of sp³-hybridized carbons (Fsp3) is 0.387. The SMILES string of the molecule is C=CC1(c2cc(NC(=O)c3ccc(F)cn3)ccc2F)NCN(C)S(=O)(=O)C1(CCC)CC(CC)Cc1cccnc1. The van der Waals surface area contributed by atoms with Gasteiger partial charge in [-0.1, -0.05) is 38.8 Å². The second-order valence-corrected chi connectivity index (χ2v) is 13.1. The average Bonchev–Trinajstić information content (AvgIpc) is 2.98. The smallest absolute Gasteiger partial charge is 0.274 e. The summed E-state index contributed by atoms with van der Waals surface area (Å²) in [6.07, 6.45) is 8.17. The second-order valence-electron chi connectivity index (χ2n) is 10.7. The van der Waals surface area contributed by atoms with E-state index in [1.54, 1.807) is 12.4 Å². The molecule has 8 nitrogen and oxygen atoms in total. The molecule has 2 N–H and O–H groups in total. The molecule has 3 atom stereocenters. The monoisotopic (exact) mass is 597 g/mol. The molecule has 2 aromatic heterocycles. The van der Waals surface area contributed by atoms with Crippen LogP contribution in [-0.4, -0.2) is 47.1 Å². The Hall–Kier alpha value is -3.54. The summed E-state index contributed by atoms with van der Waals surface area (Å²) in [6.45, 7) is 7.91. The number of carbonyl (C=O) groups is 1. The molecular formula is C31H37F2N5O3S. The number of sulfonamides is 1. The molecule has 224 valence electrons. The van der Waals surface area contributed by atoms with Gasteiger partial charge in [0.25, 0.3) is 5.91 Å². The van der Waals surface area contributed by atoms with Crippen molar-refractivity contribution in [1.29, 1.82) is 0 Å². The fourth-order valence-corrected chi connectivity index (χ4v) is 8.49. The van der Waals surface area contributed by atoms with Gasteiger partial charge in [-0.3, -0.25) is 15.1 Å². The van der Waals surface area contributed by atoms with E-state index in [0.717, 1.165) is 17.8 Å². The van der Waals surface area contributed by atoms with Gasteiger partial charge in [0.15, 0.2) is 0 Å². The van der Waals surface area contributed by atoms with E-state index in [0.29, 0.717) is 19.3 Å². The number of nitrogens with zero attached hydrogens (tertiary/aromatic N) is 3. The van der Waals surface area contributed by atoms with E-state index in [4.69, 9.17) is 0 Å². The Morgan fingerprint density at radius 1 is 1.21 bits per heavy atom. The molecule has 42 heavy (non-hydrogen) atoms. The van der Waals surface area contributed by atoms with Crippen molar-refractivity contribution in [1.82, 2.24) is 19.6 Å². The van der Waals surface area contributed by atoms with E-state index in [1.807, 2.05) is 26.0 Å². The molecule has 1 aliphatic rings. The van der Waals surface area contributed by atoms with Gasteiger partial charge >= 0.3 is 0 Å². The van der Waals surface area contributed by atoms with Crippen LogP contribution in [-0.2, 0) is 22.0 Å². The van der Waals surface area contributed by atoms with Gasteiger partial charge in [0, 0.05) is 30.7 Å². The minimum atomic E-state index is -4.01. The number of nitrogens with one attached hydrogen (secondary N) is 2. The third kappa shape index (κ3) is 5.73. The Morgan fingerprint density at radius 3 is 2.62 bits per heavy atom. The molecule has 1 aromatic carbocycles. The first-order chi connectivity index (χ1) is 20.0. The van der Waals surface area contributed by atoms with Gasteiger partial charge in [-0.15, -0.1) is 6.58 Å². The molecule has 1 aliphatic heterocycles. The summed E-state index contributed by atoms with van der Waals surface area (Å²) in [5.41, 5.74) is -0.281. The van der Waals surface area contributed by atoms with Gasteiger partial charge in [0.2, 0.25) is 10.0 Å². The lowest BCUT2D eigenvalue weighted by molar-refractivity contribution is 0.102. The zero-order chi connectivity index (χ0) is 30.5. The molecule has 3 heterocycles. The fourth-order valence-electron chi connectivity index (χ4n) is 6.08. The van der Waals surface area contributed by atoms with Crippen molar-refractivity contribution in [2.75, 3.05) is 19.0 Å². The van der Waals surface area contributed by atoms with Crippen molar-refractivity contribution >= 4 is 21.6 Å². The first-order valence-corrected chi connectivity index (χ1v) is 15.4. The first kappa shape index (κ1) is 31.4. The van der Waals surface area contributed by atoms with Gasteiger partial charge in [-0.2, -0.15) is 4.31 Å². The highest BCUT2D eigenvalue weighted by molar-refractivity contribution is 7.90. The lowest BCUT2D eigenvalue weighted by Gasteiger charge is -2.55. The maximum absolute atomic E-state index is 15.9. The van der Waals surface area contributed by atoms with E-state index in [-0.39, 0.29) is 42.4 Å². The molecule has 4 rings (SSSR count). The topological polar surface area (TPSA) is 104 Å². The summed E-state index contributed by atoms with van der Waals surface area (Å²) in [4.78, 5) is 20.9. The maximum Gasteiger partial charge on any atom is 0.274 e. The van der Waals surface area contributed by atoms with Crippen molar-refractivity contribution in [2.24, 2.45) is 5.92 Å². The predicted octanol–water partition coefficient (Wildman–Crippen LogP) is 5.41. The minimum Gasteiger partial charge on any atom is -0.321 e. The number of carbonyl (C=O) groups excluding carboxylic acids is 1. The number of anilines is 1. The quantitative estimate of drug-likeness (QED) is 0.287. The molecule has 0 spiro atoms. The van der Waals surface area contributed by atoms with Crippen molar-refractivity contribution in [2.45, 2.75) is 56.2 Å². The number of benzene rings is 1. The summed E-state index contributed by atoms with van der Waals surface area (Å²) >= 11 is 0. The van der Waals surface area contributed by atoms with Crippen molar-refractivity contribution < 1.29 is 22.0 Å². The standard InChI is InChI=1S/C31H37F2N5O3S/c1-5-14-30(18-22(6-2)16-23-9-8-15-34-19-23)31(7-3,36-21-38(4)42(30,40)41)26-17-25(11-12-27(26)33)37-29(39)28-13-10-24(32)20-35-28/h7-13,15,17,19-20,22,36H,3,5-6,14,16,18,21H2,1-2,4H3,(H,37,39). The van der Waals surface area contributed by atoms with E-state index < -0.39 is 37.9 Å². The van der Waals surface area contributed by atoms with Gasteiger partial charge in [-0.25, -0.2) is 22.2 Å². The van der Waals surface area contributed by atoms with E-state index in [2.05, 4.69) is 27.2 Å². The Kier molecular flexibility index (Phi) is 9.54. The van der Waals surface area contributed by atoms with Crippen LogP contribution in [0, 0.1) is 17.6 Å². The van der Waals surface area contributed by atoms with E-state index in [1.165, 1.54) is 41.7 Å². The number of hydrogen-bond donors (Lipinski definition) is 2. The Morgan fingerprint density at radius 2 is 2.00 bits per heavy atom. The summed E-state index contributed by atoms with van der Waals surface area (Å²) in [5, 5.41) is 6.02. The van der Waals surface area contributed by atoms with Gasteiger partial charge in [0.05, 0.1) is 18.4 Å². The van der Waals surface area contributed by atoms with Crippen LogP contribution in [0.15, 0.2) is 73.7 Å². The van der Waals surface area contributed by atoms with Crippen LogP contribution >= 0.6 is 0 Å². The first-order valence-electron chi connectivity index (χ1n) is 14.0. The second kappa shape index (κ2) is 12.8. The number of aromatic nitrogens is 2. The minimum absolute atomic E-state index is 0.0257. The molecule has 1 amide bonds. The average molecular weight is 598 g/mol. The van der Waals surface area contributed by atoms with Crippen molar-refractivity contribution in [3.8, 4) is 0 Å². The molecule has 3 unspecified atom stereocenters. The van der Waals surface area contributed by atoms with Crippen LogP contribution in [0.4, 0.5) is 14.5 Å². The normalized spacial score (nSPS) is 22.8.